The fraction of sp³-hybridized carbons (Fsp3) is 0.933. The summed E-state index contributed by atoms with van der Waals surface area (Å²) in [7, 11) is 0. The van der Waals surface area contributed by atoms with E-state index >= 15 is 0 Å². The minimum atomic E-state index is -1.50. The van der Waals surface area contributed by atoms with Gasteiger partial charge in [0.2, 0.25) is 0 Å². The molecule has 19 heavy (non-hydrogen) atoms. The predicted molar refractivity (Wildman–Crippen MR) is 72.6 cm³/mol. The number of likely N-dealkylation sites (tertiary alicyclic amines) is 2. The molecule has 0 aromatic rings. The van der Waals surface area contributed by atoms with Gasteiger partial charge in [0.15, 0.2) is 5.67 Å². The van der Waals surface area contributed by atoms with Gasteiger partial charge in [-0.2, -0.15) is 0 Å². The molecule has 3 aliphatic rings. The summed E-state index contributed by atoms with van der Waals surface area (Å²) in [4.78, 5) is 16.3. The van der Waals surface area contributed by atoms with E-state index in [1.54, 1.807) is 4.90 Å². The van der Waals surface area contributed by atoms with Crippen molar-refractivity contribution in [3.8, 4) is 0 Å². The summed E-state index contributed by atoms with van der Waals surface area (Å²) in [6, 6.07) is 0. The van der Waals surface area contributed by atoms with Gasteiger partial charge < -0.3 is 9.80 Å². The Labute approximate surface area is 115 Å². The topological polar surface area (TPSA) is 23.6 Å². The van der Waals surface area contributed by atoms with Crippen molar-refractivity contribution in [2.75, 3.05) is 32.7 Å². The first-order valence-electron chi connectivity index (χ1n) is 7.63. The molecule has 108 valence electrons. The summed E-state index contributed by atoms with van der Waals surface area (Å²) < 4.78 is 14.1. The zero-order valence-electron chi connectivity index (χ0n) is 12.1. The number of amides is 1. The number of alkyl halides is 1. The SMILES string of the molecule is CC(C)CN1CCC2(C1)CN(C(=O)C1(F)CCC1)C2. The van der Waals surface area contributed by atoms with Crippen LogP contribution >= 0.6 is 0 Å². The molecule has 2 heterocycles. The average molecular weight is 268 g/mol. The van der Waals surface area contributed by atoms with Gasteiger partial charge in [-0.1, -0.05) is 13.8 Å². The molecule has 1 spiro atoms. The number of halogens is 1. The minimum absolute atomic E-state index is 0.230. The molecule has 3 rings (SSSR count). The monoisotopic (exact) mass is 268 g/mol. The molecular weight excluding hydrogens is 243 g/mol. The van der Waals surface area contributed by atoms with Crippen LogP contribution < -0.4 is 0 Å². The van der Waals surface area contributed by atoms with Crippen molar-refractivity contribution in [3.05, 3.63) is 0 Å². The van der Waals surface area contributed by atoms with Crippen LogP contribution in [0.2, 0.25) is 0 Å². The van der Waals surface area contributed by atoms with E-state index in [1.807, 2.05) is 0 Å². The lowest BCUT2D eigenvalue weighted by molar-refractivity contribution is -0.161. The Morgan fingerprint density at radius 1 is 1.21 bits per heavy atom. The molecule has 1 amide bonds. The Bertz CT molecular complexity index is 372. The van der Waals surface area contributed by atoms with E-state index in [9.17, 15) is 9.18 Å². The highest BCUT2D eigenvalue weighted by molar-refractivity contribution is 5.87. The maximum absolute atomic E-state index is 14.1. The van der Waals surface area contributed by atoms with E-state index in [0.717, 1.165) is 39.1 Å². The van der Waals surface area contributed by atoms with Gasteiger partial charge in [0.25, 0.3) is 5.91 Å². The molecule has 0 radical (unpaired) electrons. The van der Waals surface area contributed by atoms with Gasteiger partial charge in [-0.25, -0.2) is 4.39 Å². The number of rotatable bonds is 3. The van der Waals surface area contributed by atoms with Gasteiger partial charge in [-0.3, -0.25) is 4.79 Å². The van der Waals surface area contributed by atoms with Gasteiger partial charge in [-0.05, 0) is 38.1 Å². The Morgan fingerprint density at radius 3 is 2.42 bits per heavy atom. The second-order valence-electron chi connectivity index (χ2n) is 7.36. The van der Waals surface area contributed by atoms with Crippen molar-refractivity contribution in [3.63, 3.8) is 0 Å². The number of hydrogen-bond donors (Lipinski definition) is 0. The number of carbonyl (C=O) groups is 1. The largest absolute Gasteiger partial charge is 0.339 e. The molecule has 1 saturated carbocycles. The number of hydrogen-bond acceptors (Lipinski definition) is 2. The Balaban J connectivity index is 1.51. The lowest BCUT2D eigenvalue weighted by atomic mass is 9.75. The van der Waals surface area contributed by atoms with E-state index in [4.69, 9.17) is 0 Å². The highest BCUT2D eigenvalue weighted by atomic mass is 19.1. The molecule has 0 aromatic heterocycles. The second-order valence-corrected chi connectivity index (χ2v) is 7.36. The third-order valence-corrected chi connectivity index (χ3v) is 5.01. The van der Waals surface area contributed by atoms with Crippen LogP contribution in [0.5, 0.6) is 0 Å². The van der Waals surface area contributed by atoms with Gasteiger partial charge in [0, 0.05) is 31.6 Å². The third-order valence-electron chi connectivity index (χ3n) is 5.01. The van der Waals surface area contributed by atoms with Crippen molar-refractivity contribution >= 4 is 5.91 Å². The second kappa shape index (κ2) is 4.44. The lowest BCUT2D eigenvalue weighted by Gasteiger charge is -2.51. The smallest absolute Gasteiger partial charge is 0.260 e. The van der Waals surface area contributed by atoms with E-state index < -0.39 is 5.67 Å². The first-order chi connectivity index (χ1) is 8.92. The quantitative estimate of drug-likeness (QED) is 0.782. The van der Waals surface area contributed by atoms with Crippen LogP contribution in [0.1, 0.15) is 39.5 Å². The summed E-state index contributed by atoms with van der Waals surface area (Å²) in [6.07, 6.45) is 2.91. The first kappa shape index (κ1) is 13.3. The maximum atomic E-state index is 14.1. The zero-order valence-corrected chi connectivity index (χ0v) is 12.1. The Kier molecular flexibility index (Phi) is 3.12. The molecule has 3 fully saturated rings. The van der Waals surface area contributed by atoms with E-state index in [0.29, 0.717) is 18.8 Å². The van der Waals surface area contributed by atoms with E-state index in [-0.39, 0.29) is 11.3 Å². The van der Waals surface area contributed by atoms with Crippen molar-refractivity contribution < 1.29 is 9.18 Å². The molecule has 0 N–H and O–H groups in total. The lowest BCUT2D eigenvalue weighted by Crippen LogP contribution is -2.64. The molecule has 2 saturated heterocycles. The third kappa shape index (κ3) is 2.28. The normalized spacial score (nSPS) is 28.5. The van der Waals surface area contributed by atoms with Crippen molar-refractivity contribution in [2.45, 2.75) is 45.2 Å². The molecule has 0 atom stereocenters. The summed E-state index contributed by atoms with van der Waals surface area (Å²) >= 11 is 0. The van der Waals surface area contributed by atoms with Crippen LogP contribution in [0.4, 0.5) is 4.39 Å². The Morgan fingerprint density at radius 2 is 1.89 bits per heavy atom. The van der Waals surface area contributed by atoms with Gasteiger partial charge in [0.05, 0.1) is 0 Å². The van der Waals surface area contributed by atoms with Gasteiger partial charge >= 0.3 is 0 Å². The maximum Gasteiger partial charge on any atom is 0.260 e. The van der Waals surface area contributed by atoms with Gasteiger partial charge in [-0.15, -0.1) is 0 Å². The van der Waals surface area contributed by atoms with Crippen LogP contribution in [0.25, 0.3) is 0 Å². The molecule has 3 nitrogen and oxygen atoms in total. The molecule has 0 unspecified atom stereocenters. The van der Waals surface area contributed by atoms with Crippen LogP contribution in [0.3, 0.4) is 0 Å². The standard InChI is InChI=1S/C15H25FN2O/c1-12(2)8-17-7-6-14(9-17)10-18(11-14)13(19)15(16)4-3-5-15/h12H,3-11H2,1-2H3. The molecule has 1 aliphatic carbocycles. The van der Waals surface area contributed by atoms with Crippen LogP contribution in [0, 0.1) is 11.3 Å². The minimum Gasteiger partial charge on any atom is -0.339 e. The highest BCUT2D eigenvalue weighted by Crippen LogP contribution is 2.44. The van der Waals surface area contributed by atoms with Gasteiger partial charge in [0.1, 0.15) is 0 Å². The molecule has 4 heteroatoms. The van der Waals surface area contributed by atoms with Crippen molar-refractivity contribution in [2.24, 2.45) is 11.3 Å². The highest BCUT2D eigenvalue weighted by Gasteiger charge is 2.55. The van der Waals surface area contributed by atoms with E-state index in [1.165, 1.54) is 6.42 Å². The summed E-state index contributed by atoms with van der Waals surface area (Å²) in [5, 5.41) is 0. The first-order valence-corrected chi connectivity index (χ1v) is 7.63. The molecular formula is C15H25FN2O. The summed E-state index contributed by atoms with van der Waals surface area (Å²) in [6.45, 7) is 9.42. The van der Waals surface area contributed by atoms with E-state index in [2.05, 4.69) is 18.7 Å². The van der Waals surface area contributed by atoms with Crippen LogP contribution in [-0.4, -0.2) is 54.1 Å². The summed E-state index contributed by atoms with van der Waals surface area (Å²) in [5.74, 6) is 0.462. The van der Waals surface area contributed by atoms with Crippen molar-refractivity contribution in [1.29, 1.82) is 0 Å². The molecule has 0 bridgehead atoms. The van der Waals surface area contributed by atoms with Crippen LogP contribution in [-0.2, 0) is 4.79 Å². The predicted octanol–water partition coefficient (Wildman–Crippen LogP) is 2.07. The van der Waals surface area contributed by atoms with Crippen molar-refractivity contribution in [1.82, 2.24) is 9.80 Å². The Hall–Kier alpha value is -0.640. The fourth-order valence-electron chi connectivity index (χ4n) is 3.85. The summed E-state index contributed by atoms with van der Waals surface area (Å²) in [5.41, 5.74) is -1.22. The number of nitrogens with zero attached hydrogens (tertiary/aromatic N) is 2. The zero-order chi connectivity index (χ0) is 13.7. The fourth-order valence-corrected chi connectivity index (χ4v) is 3.85. The number of carbonyl (C=O) groups excluding carboxylic acids is 1. The molecule has 2 aliphatic heterocycles. The molecule has 0 aromatic carbocycles. The average Bonchev–Trinajstić information content (AvgIpc) is 2.66. The van der Waals surface area contributed by atoms with Crippen LogP contribution in [0.15, 0.2) is 0 Å².